The van der Waals surface area contributed by atoms with Gasteiger partial charge in [-0.3, -0.25) is 4.98 Å². The minimum absolute atomic E-state index is 0.330. The Balaban J connectivity index is 1.57. The quantitative estimate of drug-likeness (QED) is 0.582. The zero-order valence-corrected chi connectivity index (χ0v) is 13.8. The van der Waals surface area contributed by atoms with Crippen LogP contribution in [0.2, 0.25) is 0 Å². The maximum atomic E-state index is 11.1. The number of nitrogens with one attached hydrogen (secondary N) is 2. The molecule has 9 nitrogen and oxygen atoms in total. The van der Waals surface area contributed by atoms with Crippen molar-refractivity contribution in [1.29, 1.82) is 0 Å². The van der Waals surface area contributed by atoms with E-state index in [9.17, 15) is 4.79 Å². The first-order chi connectivity index (χ1) is 12.1. The number of aromatic amines is 2. The fraction of sp³-hybridized carbons (Fsp3) is 0.188. The van der Waals surface area contributed by atoms with E-state index >= 15 is 0 Å². The van der Waals surface area contributed by atoms with Crippen LogP contribution in [0.25, 0.3) is 16.9 Å². The fourth-order valence-electron chi connectivity index (χ4n) is 2.51. The molecule has 0 aliphatic carbocycles. The first-order valence-electron chi connectivity index (χ1n) is 7.75. The van der Waals surface area contributed by atoms with Crippen molar-refractivity contribution in [3.63, 3.8) is 0 Å². The van der Waals surface area contributed by atoms with Crippen molar-refractivity contribution >= 4 is 0 Å². The van der Waals surface area contributed by atoms with Crippen molar-refractivity contribution in [2.45, 2.75) is 20.4 Å². The molecule has 126 valence electrons. The third-order valence-corrected chi connectivity index (χ3v) is 4.03. The molecule has 0 unspecified atom stereocenters. The Hall–Kier alpha value is -3.49. The van der Waals surface area contributed by atoms with E-state index in [1.54, 1.807) is 17.1 Å². The molecule has 25 heavy (non-hydrogen) atoms. The Bertz CT molecular complexity index is 1080. The van der Waals surface area contributed by atoms with Crippen LogP contribution in [0, 0.1) is 13.8 Å². The maximum Gasteiger partial charge on any atom is 0.340 e. The zero-order chi connectivity index (χ0) is 17.4. The highest BCUT2D eigenvalue weighted by atomic mass is 16.1. The van der Waals surface area contributed by atoms with Crippen molar-refractivity contribution in [3.8, 4) is 16.9 Å². The van der Waals surface area contributed by atoms with Gasteiger partial charge in [-0.25, -0.2) is 19.3 Å². The van der Waals surface area contributed by atoms with Crippen LogP contribution >= 0.6 is 0 Å². The number of nitrogens with zero attached hydrogens (tertiary/aromatic N) is 6. The van der Waals surface area contributed by atoms with E-state index in [0.29, 0.717) is 18.1 Å². The molecule has 0 amide bonds. The van der Waals surface area contributed by atoms with Gasteiger partial charge in [0.2, 0.25) is 0 Å². The van der Waals surface area contributed by atoms with Gasteiger partial charge in [-0.2, -0.15) is 10.2 Å². The summed E-state index contributed by atoms with van der Waals surface area (Å²) in [6.45, 7) is 4.49. The molecular weight excluding hydrogens is 320 g/mol. The van der Waals surface area contributed by atoms with Gasteiger partial charge in [0.1, 0.15) is 12.2 Å². The summed E-state index contributed by atoms with van der Waals surface area (Å²) in [6, 6.07) is 6.20. The third kappa shape index (κ3) is 2.99. The Morgan fingerprint density at radius 2 is 2.04 bits per heavy atom. The summed E-state index contributed by atoms with van der Waals surface area (Å²) in [6.07, 6.45) is 5.45. The van der Waals surface area contributed by atoms with Gasteiger partial charge in [0.05, 0.1) is 18.1 Å². The molecular formula is C16H16N8O. The number of H-pyrrole nitrogens is 2. The van der Waals surface area contributed by atoms with E-state index in [1.165, 1.54) is 11.1 Å². The summed E-state index contributed by atoms with van der Waals surface area (Å²) in [5, 5.41) is 18.8. The molecule has 0 bridgehead atoms. The van der Waals surface area contributed by atoms with Crippen molar-refractivity contribution in [2.75, 3.05) is 0 Å². The highest BCUT2D eigenvalue weighted by Gasteiger charge is 2.09. The lowest BCUT2D eigenvalue weighted by Crippen LogP contribution is -2.05. The lowest BCUT2D eigenvalue weighted by Gasteiger charge is -2.04. The second-order valence-electron chi connectivity index (χ2n) is 5.87. The normalized spacial score (nSPS) is 11.1. The van der Waals surface area contributed by atoms with Crippen LogP contribution in [0.5, 0.6) is 0 Å². The molecule has 0 atom stereocenters. The van der Waals surface area contributed by atoms with Crippen molar-refractivity contribution in [1.82, 2.24) is 40.0 Å². The van der Waals surface area contributed by atoms with E-state index in [2.05, 4.69) is 56.6 Å². The molecule has 0 saturated carbocycles. The van der Waals surface area contributed by atoms with Gasteiger partial charge in [-0.15, -0.1) is 5.10 Å². The SMILES string of the molecule is Cc1ccc(-n2cc(-c3cn(Cc4n[nH]c(=O)[nH]4)nn3)cn2)cc1C. The fourth-order valence-corrected chi connectivity index (χ4v) is 2.51. The highest BCUT2D eigenvalue weighted by molar-refractivity contribution is 5.56. The summed E-state index contributed by atoms with van der Waals surface area (Å²) in [4.78, 5) is 13.6. The summed E-state index contributed by atoms with van der Waals surface area (Å²) < 4.78 is 3.42. The smallest absolute Gasteiger partial charge is 0.291 e. The van der Waals surface area contributed by atoms with Gasteiger partial charge in [-0.1, -0.05) is 11.3 Å². The predicted octanol–water partition coefficient (Wildman–Crippen LogP) is 1.21. The van der Waals surface area contributed by atoms with E-state index in [1.807, 2.05) is 16.9 Å². The molecule has 0 aliphatic heterocycles. The molecule has 4 rings (SSSR count). The molecule has 0 fully saturated rings. The van der Waals surface area contributed by atoms with E-state index in [4.69, 9.17) is 0 Å². The maximum absolute atomic E-state index is 11.1. The number of hydrogen-bond donors (Lipinski definition) is 2. The summed E-state index contributed by atoms with van der Waals surface area (Å²) in [5.41, 5.74) is 4.68. The Morgan fingerprint density at radius 1 is 1.16 bits per heavy atom. The standard InChI is InChI=1S/C16H16N8O/c1-10-3-4-13(5-11(10)2)24-7-12(6-17-24)14-8-23(22-19-14)9-15-18-16(25)21-20-15/h3-8H,9H2,1-2H3,(H2,18,20,21,25). The largest absolute Gasteiger partial charge is 0.340 e. The van der Waals surface area contributed by atoms with Crippen LogP contribution in [0.4, 0.5) is 0 Å². The lowest BCUT2D eigenvalue weighted by molar-refractivity contribution is 0.626. The van der Waals surface area contributed by atoms with Gasteiger partial charge in [0.25, 0.3) is 0 Å². The topological polar surface area (TPSA) is 110 Å². The van der Waals surface area contributed by atoms with Crippen molar-refractivity contribution < 1.29 is 0 Å². The van der Waals surface area contributed by atoms with Gasteiger partial charge in [-0.05, 0) is 37.1 Å². The Labute approximate surface area is 142 Å². The number of benzene rings is 1. The molecule has 0 saturated heterocycles. The van der Waals surface area contributed by atoms with Crippen LogP contribution < -0.4 is 5.69 Å². The van der Waals surface area contributed by atoms with Crippen LogP contribution in [0.1, 0.15) is 17.0 Å². The molecule has 0 spiro atoms. The summed E-state index contributed by atoms with van der Waals surface area (Å²) in [5.74, 6) is 0.493. The molecule has 0 aliphatic rings. The molecule has 0 radical (unpaired) electrons. The Kier molecular flexibility index (Phi) is 3.53. The molecule has 3 aromatic heterocycles. The van der Waals surface area contributed by atoms with E-state index in [0.717, 1.165) is 11.3 Å². The number of hydrogen-bond acceptors (Lipinski definition) is 5. The van der Waals surface area contributed by atoms with E-state index < -0.39 is 0 Å². The van der Waals surface area contributed by atoms with Crippen LogP contribution in [0.15, 0.2) is 41.6 Å². The van der Waals surface area contributed by atoms with Crippen LogP contribution in [-0.2, 0) is 6.54 Å². The first kappa shape index (κ1) is 15.1. The lowest BCUT2D eigenvalue weighted by atomic mass is 10.1. The molecule has 4 aromatic rings. The van der Waals surface area contributed by atoms with E-state index in [-0.39, 0.29) is 5.69 Å². The van der Waals surface area contributed by atoms with Gasteiger partial charge < -0.3 is 0 Å². The van der Waals surface area contributed by atoms with Crippen LogP contribution in [-0.4, -0.2) is 40.0 Å². The van der Waals surface area contributed by atoms with Gasteiger partial charge >= 0.3 is 5.69 Å². The number of aryl methyl sites for hydroxylation is 2. The van der Waals surface area contributed by atoms with Crippen molar-refractivity contribution in [3.05, 3.63) is 64.2 Å². The third-order valence-electron chi connectivity index (χ3n) is 4.03. The predicted molar refractivity (Wildman–Crippen MR) is 90.4 cm³/mol. The summed E-state index contributed by atoms with van der Waals surface area (Å²) in [7, 11) is 0. The average molecular weight is 336 g/mol. The second-order valence-corrected chi connectivity index (χ2v) is 5.87. The molecule has 3 heterocycles. The molecule has 1 aromatic carbocycles. The number of aromatic nitrogens is 8. The highest BCUT2D eigenvalue weighted by Crippen LogP contribution is 2.19. The minimum Gasteiger partial charge on any atom is -0.291 e. The Morgan fingerprint density at radius 3 is 2.80 bits per heavy atom. The van der Waals surface area contributed by atoms with Gasteiger partial charge in [0.15, 0.2) is 5.82 Å². The average Bonchev–Trinajstić information content (AvgIpc) is 3.31. The van der Waals surface area contributed by atoms with Crippen molar-refractivity contribution in [2.24, 2.45) is 0 Å². The summed E-state index contributed by atoms with van der Waals surface area (Å²) >= 11 is 0. The molecule has 9 heteroatoms. The van der Waals surface area contributed by atoms with Crippen LogP contribution in [0.3, 0.4) is 0 Å². The van der Waals surface area contributed by atoms with Gasteiger partial charge in [0, 0.05) is 11.8 Å². The molecule has 2 N–H and O–H groups in total. The first-order valence-corrected chi connectivity index (χ1v) is 7.75. The minimum atomic E-state index is -0.343. The zero-order valence-electron chi connectivity index (χ0n) is 13.8. The monoisotopic (exact) mass is 336 g/mol. The second kappa shape index (κ2) is 5.86. The number of rotatable bonds is 4.